The summed E-state index contributed by atoms with van der Waals surface area (Å²) >= 11 is 5.81. The van der Waals surface area contributed by atoms with Crippen molar-refractivity contribution in [3.63, 3.8) is 0 Å². The van der Waals surface area contributed by atoms with E-state index in [9.17, 15) is 18.4 Å². The Morgan fingerprint density at radius 2 is 1.71 bits per heavy atom. The molecule has 0 atom stereocenters. The van der Waals surface area contributed by atoms with Gasteiger partial charge in [0.2, 0.25) is 11.8 Å². The maximum atomic E-state index is 14.8. The maximum absolute atomic E-state index is 14.8. The second kappa shape index (κ2) is 7.96. The normalized spacial score (nSPS) is 14.0. The predicted octanol–water partition coefficient (Wildman–Crippen LogP) is 4.74. The van der Waals surface area contributed by atoms with Crippen molar-refractivity contribution < 1.29 is 23.1 Å². The molecule has 0 spiro atoms. The van der Waals surface area contributed by atoms with Crippen LogP contribution in [0.5, 0.6) is 11.5 Å². The lowest BCUT2D eigenvalue weighted by atomic mass is 10.0. The zero-order chi connectivity index (χ0) is 22.2. The number of anilines is 2. The number of rotatable bonds is 6. The third kappa shape index (κ3) is 4.06. The zero-order valence-corrected chi connectivity index (χ0v) is 16.8. The molecule has 2 amide bonds. The van der Waals surface area contributed by atoms with E-state index in [1.165, 1.54) is 54.7 Å². The average Bonchev–Trinajstić information content (AvgIpc) is 3.54. The third-order valence-electron chi connectivity index (χ3n) is 5.02. The van der Waals surface area contributed by atoms with Gasteiger partial charge in [-0.2, -0.15) is 0 Å². The molecule has 158 valence electrons. The van der Waals surface area contributed by atoms with E-state index in [1.54, 1.807) is 0 Å². The van der Waals surface area contributed by atoms with Crippen LogP contribution in [0.4, 0.5) is 20.2 Å². The Kier molecular flexibility index (Phi) is 5.32. The molecule has 6 nitrogen and oxygen atoms in total. The van der Waals surface area contributed by atoms with Gasteiger partial charge >= 0.3 is 0 Å². The summed E-state index contributed by atoms with van der Waals surface area (Å²) in [5.41, 5.74) is 4.51. The van der Waals surface area contributed by atoms with Gasteiger partial charge in [-0.05, 0) is 55.3 Å². The summed E-state index contributed by atoms with van der Waals surface area (Å²) in [7, 11) is 0. The van der Waals surface area contributed by atoms with Crippen molar-refractivity contribution in [3.05, 3.63) is 77.6 Å². The Hall–Kier alpha value is -3.52. The molecule has 0 radical (unpaired) electrons. The van der Waals surface area contributed by atoms with Gasteiger partial charge in [0.1, 0.15) is 22.1 Å². The number of ether oxygens (including phenoxy) is 1. The number of amides is 2. The van der Waals surface area contributed by atoms with Crippen molar-refractivity contribution in [1.29, 1.82) is 0 Å². The number of nitrogens with two attached hydrogens (primary N) is 1. The van der Waals surface area contributed by atoms with Crippen LogP contribution < -0.4 is 15.4 Å². The van der Waals surface area contributed by atoms with Crippen LogP contribution in [-0.4, -0.2) is 16.8 Å². The fraction of sp³-hybridized carbons (Fsp3) is 0.136. The SMILES string of the molecule is NC(=O)C1(C(=O)N(c2ccc(F)cc2)c2ccc(Oc3ccnc(Cl)c3)c(F)c2)CC1. The molecular weight excluding hydrogens is 428 g/mol. The molecule has 4 rings (SSSR count). The highest BCUT2D eigenvalue weighted by Gasteiger charge is 2.57. The quantitative estimate of drug-likeness (QED) is 0.440. The highest BCUT2D eigenvalue weighted by atomic mass is 35.5. The number of nitrogens with zero attached hydrogens (tertiary/aromatic N) is 2. The summed E-state index contributed by atoms with van der Waals surface area (Å²) in [4.78, 5) is 30.1. The molecular formula is C22H16ClF2N3O3. The highest BCUT2D eigenvalue weighted by molar-refractivity contribution is 6.29. The molecule has 1 heterocycles. The van der Waals surface area contributed by atoms with Gasteiger partial charge in [0.05, 0.1) is 5.69 Å². The van der Waals surface area contributed by atoms with E-state index in [1.807, 2.05) is 0 Å². The standard InChI is InChI=1S/C22H16ClF2N3O3/c23-19-12-16(7-10-27-19)31-18-6-5-15(11-17(18)25)28(14-3-1-13(24)2-4-14)21(30)22(8-9-22)20(26)29/h1-7,10-12H,8-9H2,(H2,26,29). The molecule has 2 N–H and O–H groups in total. The minimum Gasteiger partial charge on any atom is -0.454 e. The van der Waals surface area contributed by atoms with Crippen molar-refractivity contribution in [2.45, 2.75) is 12.8 Å². The molecule has 0 unspecified atom stereocenters. The van der Waals surface area contributed by atoms with Gasteiger partial charge < -0.3 is 10.5 Å². The zero-order valence-electron chi connectivity index (χ0n) is 16.0. The van der Waals surface area contributed by atoms with Gasteiger partial charge in [-0.3, -0.25) is 14.5 Å². The van der Waals surface area contributed by atoms with E-state index in [4.69, 9.17) is 22.1 Å². The molecule has 1 aromatic heterocycles. The summed E-state index contributed by atoms with van der Waals surface area (Å²) in [6.07, 6.45) is 2.01. The molecule has 0 aliphatic heterocycles. The number of carbonyl (C=O) groups excluding carboxylic acids is 2. The molecule has 0 bridgehead atoms. The van der Waals surface area contributed by atoms with Gasteiger partial charge in [0.15, 0.2) is 11.6 Å². The molecule has 9 heteroatoms. The second-order valence-electron chi connectivity index (χ2n) is 7.09. The van der Waals surface area contributed by atoms with Crippen LogP contribution in [0.1, 0.15) is 12.8 Å². The van der Waals surface area contributed by atoms with Crippen LogP contribution in [0, 0.1) is 17.0 Å². The molecule has 3 aromatic rings. The molecule has 31 heavy (non-hydrogen) atoms. The van der Waals surface area contributed by atoms with Crippen LogP contribution >= 0.6 is 11.6 Å². The Balaban J connectivity index is 1.71. The van der Waals surface area contributed by atoms with Crippen molar-refractivity contribution >= 4 is 34.8 Å². The number of hydrogen-bond acceptors (Lipinski definition) is 4. The lowest BCUT2D eigenvalue weighted by molar-refractivity contribution is -0.133. The summed E-state index contributed by atoms with van der Waals surface area (Å²) < 4.78 is 33.8. The van der Waals surface area contributed by atoms with E-state index < -0.39 is 28.9 Å². The van der Waals surface area contributed by atoms with Crippen molar-refractivity contribution in [3.8, 4) is 11.5 Å². The fourth-order valence-electron chi connectivity index (χ4n) is 3.17. The van der Waals surface area contributed by atoms with Gasteiger partial charge in [-0.15, -0.1) is 0 Å². The van der Waals surface area contributed by atoms with E-state index in [0.29, 0.717) is 12.8 Å². The van der Waals surface area contributed by atoms with Crippen LogP contribution in [0.2, 0.25) is 5.15 Å². The van der Waals surface area contributed by atoms with Crippen LogP contribution in [0.3, 0.4) is 0 Å². The Morgan fingerprint density at radius 1 is 1.03 bits per heavy atom. The Bertz CT molecular complexity index is 1170. The van der Waals surface area contributed by atoms with Crippen LogP contribution in [0.15, 0.2) is 60.8 Å². The summed E-state index contributed by atoms with van der Waals surface area (Å²) in [6, 6.07) is 11.9. The van der Waals surface area contributed by atoms with Crippen LogP contribution in [-0.2, 0) is 9.59 Å². The number of halogens is 3. The number of carbonyl (C=O) groups is 2. The Morgan fingerprint density at radius 3 is 2.29 bits per heavy atom. The largest absolute Gasteiger partial charge is 0.454 e. The lowest BCUT2D eigenvalue weighted by Crippen LogP contribution is -2.41. The highest BCUT2D eigenvalue weighted by Crippen LogP contribution is 2.49. The van der Waals surface area contributed by atoms with E-state index >= 15 is 0 Å². The van der Waals surface area contributed by atoms with Gasteiger partial charge in [0, 0.05) is 24.0 Å². The van der Waals surface area contributed by atoms with E-state index in [0.717, 1.165) is 11.0 Å². The fourth-order valence-corrected chi connectivity index (χ4v) is 3.33. The van der Waals surface area contributed by atoms with Gasteiger partial charge in [-0.1, -0.05) is 11.6 Å². The third-order valence-corrected chi connectivity index (χ3v) is 5.23. The topological polar surface area (TPSA) is 85.5 Å². The van der Waals surface area contributed by atoms with Crippen molar-refractivity contribution in [1.82, 2.24) is 4.98 Å². The first-order chi connectivity index (χ1) is 14.8. The molecule has 1 saturated carbocycles. The first-order valence-corrected chi connectivity index (χ1v) is 9.67. The summed E-state index contributed by atoms with van der Waals surface area (Å²) in [6.45, 7) is 0. The Labute approximate surface area is 181 Å². The number of primary amides is 1. The predicted molar refractivity (Wildman–Crippen MR) is 110 cm³/mol. The number of aromatic nitrogens is 1. The monoisotopic (exact) mass is 443 g/mol. The number of hydrogen-bond donors (Lipinski definition) is 1. The van der Waals surface area contributed by atoms with E-state index in [2.05, 4.69) is 4.98 Å². The van der Waals surface area contributed by atoms with Crippen LogP contribution in [0.25, 0.3) is 0 Å². The van der Waals surface area contributed by atoms with Crippen molar-refractivity contribution in [2.75, 3.05) is 4.90 Å². The molecule has 1 aliphatic carbocycles. The van der Waals surface area contributed by atoms with Crippen molar-refractivity contribution in [2.24, 2.45) is 11.1 Å². The first kappa shape index (κ1) is 20.7. The molecule has 2 aromatic carbocycles. The maximum Gasteiger partial charge on any atom is 0.247 e. The summed E-state index contributed by atoms with van der Waals surface area (Å²) in [5.74, 6) is -2.43. The minimum absolute atomic E-state index is 0.103. The summed E-state index contributed by atoms with van der Waals surface area (Å²) in [5, 5.41) is 0.184. The molecule has 1 aliphatic rings. The lowest BCUT2D eigenvalue weighted by Gasteiger charge is -2.26. The molecule has 1 fully saturated rings. The van der Waals surface area contributed by atoms with Gasteiger partial charge in [0.25, 0.3) is 0 Å². The smallest absolute Gasteiger partial charge is 0.247 e. The van der Waals surface area contributed by atoms with E-state index in [-0.39, 0.29) is 28.0 Å². The minimum atomic E-state index is -1.35. The molecule has 0 saturated heterocycles. The number of benzene rings is 2. The first-order valence-electron chi connectivity index (χ1n) is 9.29. The number of pyridine rings is 1. The second-order valence-corrected chi connectivity index (χ2v) is 7.48. The van der Waals surface area contributed by atoms with Gasteiger partial charge in [-0.25, -0.2) is 13.8 Å². The average molecular weight is 444 g/mol.